The van der Waals surface area contributed by atoms with Gasteiger partial charge in [-0.3, -0.25) is 14.6 Å². The number of carbonyl (C=O) groups is 3. The van der Waals surface area contributed by atoms with Gasteiger partial charge in [-0.15, -0.1) is 0 Å². The van der Waals surface area contributed by atoms with Gasteiger partial charge in [0.25, 0.3) is 5.91 Å². The fourth-order valence-electron chi connectivity index (χ4n) is 3.85. The van der Waals surface area contributed by atoms with Crippen molar-refractivity contribution in [1.82, 2.24) is 15.2 Å². The number of hydrogen-bond donors (Lipinski definition) is 1. The van der Waals surface area contributed by atoms with Gasteiger partial charge in [0.2, 0.25) is 5.91 Å². The lowest BCUT2D eigenvalue weighted by Crippen LogP contribution is -2.46. The number of benzene rings is 1. The zero-order chi connectivity index (χ0) is 22.7. The quantitative estimate of drug-likeness (QED) is 0.677. The van der Waals surface area contributed by atoms with E-state index < -0.39 is 29.6 Å². The van der Waals surface area contributed by atoms with Gasteiger partial charge >= 0.3 is 5.97 Å². The van der Waals surface area contributed by atoms with Crippen LogP contribution in [0.2, 0.25) is 5.02 Å². The Kier molecular flexibility index (Phi) is 6.40. The Balaban J connectivity index is 1.38. The van der Waals surface area contributed by atoms with Crippen LogP contribution in [0.15, 0.2) is 42.6 Å². The Morgan fingerprint density at radius 3 is 2.53 bits per heavy atom. The van der Waals surface area contributed by atoms with E-state index in [4.69, 9.17) is 25.8 Å². The van der Waals surface area contributed by atoms with Crippen LogP contribution in [0.1, 0.15) is 16.8 Å². The molecule has 0 radical (unpaired) electrons. The molecular weight excluding hydrogens is 438 g/mol. The van der Waals surface area contributed by atoms with Crippen molar-refractivity contribution in [2.24, 2.45) is 0 Å². The lowest BCUT2D eigenvalue weighted by molar-refractivity contribution is -0.152. The zero-order valence-electron chi connectivity index (χ0n) is 17.4. The largest absolute Gasteiger partial charge is 0.467 e. The number of esters is 1. The van der Waals surface area contributed by atoms with Crippen molar-refractivity contribution < 1.29 is 28.6 Å². The van der Waals surface area contributed by atoms with Gasteiger partial charge < -0.3 is 24.4 Å². The maximum atomic E-state index is 12.8. The number of carbonyl (C=O) groups excluding carboxylic acids is 3. The fraction of sp³-hybridized carbons (Fsp3) is 0.364. The lowest BCUT2D eigenvalue weighted by Gasteiger charge is -2.23. The third kappa shape index (κ3) is 4.59. The highest BCUT2D eigenvalue weighted by Crippen LogP contribution is 2.35. The molecule has 4 rings (SSSR count). The Hall–Kier alpha value is -3.01. The molecule has 2 fully saturated rings. The second kappa shape index (κ2) is 9.23. The summed E-state index contributed by atoms with van der Waals surface area (Å²) >= 11 is 5.86. The van der Waals surface area contributed by atoms with E-state index >= 15 is 0 Å². The van der Waals surface area contributed by atoms with Crippen LogP contribution >= 0.6 is 11.6 Å². The van der Waals surface area contributed by atoms with E-state index in [0.29, 0.717) is 23.8 Å². The number of rotatable bonds is 5. The summed E-state index contributed by atoms with van der Waals surface area (Å²) in [4.78, 5) is 43.1. The van der Waals surface area contributed by atoms with Gasteiger partial charge in [0, 0.05) is 23.7 Å². The fourth-order valence-corrected chi connectivity index (χ4v) is 3.96. The first-order chi connectivity index (χ1) is 15.4. The first-order valence-electron chi connectivity index (χ1n) is 10.1. The van der Waals surface area contributed by atoms with Gasteiger partial charge in [0.15, 0.2) is 5.79 Å². The van der Waals surface area contributed by atoms with Crippen molar-refractivity contribution in [2.45, 2.75) is 18.2 Å². The smallest absolute Gasteiger partial charge is 0.328 e. The van der Waals surface area contributed by atoms with E-state index in [1.165, 1.54) is 12.0 Å². The third-order valence-electron chi connectivity index (χ3n) is 5.47. The molecule has 2 aliphatic heterocycles. The lowest BCUT2D eigenvalue weighted by atomic mass is 10.1. The summed E-state index contributed by atoms with van der Waals surface area (Å²) < 4.78 is 16.1. The van der Waals surface area contributed by atoms with Crippen molar-refractivity contribution in [3.05, 3.63) is 53.2 Å². The van der Waals surface area contributed by atoms with Crippen molar-refractivity contribution in [1.29, 1.82) is 0 Å². The number of likely N-dealkylation sites (tertiary alicyclic amines) is 1. The number of amides is 2. The highest BCUT2D eigenvalue weighted by Gasteiger charge is 2.52. The van der Waals surface area contributed by atoms with Gasteiger partial charge in [0.05, 0.1) is 44.1 Å². The summed E-state index contributed by atoms with van der Waals surface area (Å²) in [5.41, 5.74) is 1.94. The SMILES string of the molecule is COC(=O)[C@@H]1CC2(CN1C(=O)CNC(=O)c1ccc(-c3ccc(Cl)cn3)cc1)OCCO2. The van der Waals surface area contributed by atoms with Crippen molar-refractivity contribution in [3.63, 3.8) is 0 Å². The Morgan fingerprint density at radius 1 is 1.19 bits per heavy atom. The molecule has 9 nitrogen and oxygen atoms in total. The first kappa shape index (κ1) is 22.2. The second-order valence-electron chi connectivity index (χ2n) is 7.49. The highest BCUT2D eigenvalue weighted by molar-refractivity contribution is 6.30. The molecule has 2 amide bonds. The maximum Gasteiger partial charge on any atom is 0.328 e. The number of halogens is 1. The predicted octanol–water partition coefficient (Wildman–Crippen LogP) is 1.65. The summed E-state index contributed by atoms with van der Waals surface area (Å²) in [6, 6.07) is 9.52. The molecule has 10 heteroatoms. The van der Waals surface area contributed by atoms with Crippen molar-refractivity contribution >= 4 is 29.4 Å². The third-order valence-corrected chi connectivity index (χ3v) is 5.69. The molecule has 2 aliphatic rings. The van der Waals surface area contributed by atoms with Gasteiger partial charge in [-0.2, -0.15) is 0 Å². The summed E-state index contributed by atoms with van der Waals surface area (Å²) in [6.45, 7) is 0.621. The Morgan fingerprint density at radius 2 is 1.91 bits per heavy atom. The van der Waals surface area contributed by atoms with E-state index in [9.17, 15) is 14.4 Å². The van der Waals surface area contributed by atoms with Crippen LogP contribution in [0.5, 0.6) is 0 Å². The molecule has 2 aromatic rings. The summed E-state index contributed by atoms with van der Waals surface area (Å²) in [6.07, 6.45) is 1.74. The molecule has 0 saturated carbocycles. The number of hydrogen-bond acceptors (Lipinski definition) is 7. The monoisotopic (exact) mass is 459 g/mol. The normalized spacial score (nSPS) is 19.2. The minimum atomic E-state index is -0.996. The van der Waals surface area contributed by atoms with Crippen LogP contribution in [-0.2, 0) is 23.8 Å². The average molecular weight is 460 g/mol. The minimum absolute atomic E-state index is 0.101. The molecule has 1 aromatic heterocycles. The number of methoxy groups -OCH3 is 1. The second-order valence-corrected chi connectivity index (χ2v) is 7.93. The minimum Gasteiger partial charge on any atom is -0.467 e. The number of ether oxygens (including phenoxy) is 3. The molecular formula is C22H22ClN3O6. The van der Waals surface area contributed by atoms with E-state index in [-0.39, 0.29) is 19.5 Å². The molecule has 168 valence electrons. The Labute approximate surface area is 189 Å². The van der Waals surface area contributed by atoms with Gasteiger partial charge in [-0.05, 0) is 24.3 Å². The molecule has 1 spiro atoms. The maximum absolute atomic E-state index is 12.8. The van der Waals surface area contributed by atoms with E-state index in [2.05, 4.69) is 10.3 Å². The van der Waals surface area contributed by atoms with E-state index in [0.717, 1.165) is 11.3 Å². The van der Waals surface area contributed by atoms with Crippen LogP contribution < -0.4 is 5.32 Å². The van der Waals surface area contributed by atoms with Crippen LogP contribution in [0.4, 0.5) is 0 Å². The van der Waals surface area contributed by atoms with Crippen LogP contribution in [0, 0.1) is 0 Å². The summed E-state index contributed by atoms with van der Waals surface area (Å²) in [5, 5.41) is 3.14. The van der Waals surface area contributed by atoms with Gasteiger partial charge in [0.1, 0.15) is 6.04 Å². The molecule has 3 heterocycles. The Bertz CT molecular complexity index is 1010. The molecule has 2 saturated heterocycles. The number of pyridine rings is 1. The molecule has 1 aromatic carbocycles. The standard InChI is InChI=1S/C22H22ClN3O6/c1-30-21(29)18-10-22(31-8-9-32-22)13-26(18)19(27)12-25-20(28)15-4-2-14(3-5-15)17-7-6-16(23)11-24-17/h2-7,11,18H,8-10,12-13H2,1H3,(H,25,28)/t18-/m0/s1. The highest BCUT2D eigenvalue weighted by atomic mass is 35.5. The predicted molar refractivity (Wildman–Crippen MR) is 114 cm³/mol. The average Bonchev–Trinajstić information content (AvgIpc) is 3.44. The van der Waals surface area contributed by atoms with E-state index in [1.807, 2.05) is 0 Å². The summed E-state index contributed by atoms with van der Waals surface area (Å²) in [7, 11) is 1.26. The van der Waals surface area contributed by atoms with Crippen molar-refractivity contribution in [3.8, 4) is 11.3 Å². The number of nitrogens with one attached hydrogen (secondary N) is 1. The first-order valence-corrected chi connectivity index (χ1v) is 10.4. The van der Waals surface area contributed by atoms with E-state index in [1.54, 1.807) is 42.6 Å². The molecule has 32 heavy (non-hydrogen) atoms. The van der Waals surface area contributed by atoms with Crippen molar-refractivity contribution in [2.75, 3.05) is 33.4 Å². The van der Waals surface area contributed by atoms with Gasteiger partial charge in [-0.25, -0.2) is 4.79 Å². The summed E-state index contributed by atoms with van der Waals surface area (Å²) in [5.74, 6) is -2.38. The molecule has 1 atom stereocenters. The van der Waals surface area contributed by atoms with Crippen LogP contribution in [-0.4, -0.2) is 72.9 Å². The number of aromatic nitrogens is 1. The molecule has 0 aliphatic carbocycles. The zero-order valence-corrected chi connectivity index (χ0v) is 18.1. The molecule has 1 N–H and O–H groups in total. The van der Waals surface area contributed by atoms with Crippen LogP contribution in [0.3, 0.4) is 0 Å². The molecule has 0 unspecified atom stereocenters. The van der Waals surface area contributed by atoms with Crippen LogP contribution in [0.25, 0.3) is 11.3 Å². The topological polar surface area (TPSA) is 107 Å². The van der Waals surface area contributed by atoms with Gasteiger partial charge in [-0.1, -0.05) is 23.7 Å². The molecule has 0 bridgehead atoms. The number of nitrogens with zero attached hydrogens (tertiary/aromatic N) is 2.